The zero-order valence-electron chi connectivity index (χ0n) is 13.4. The number of rotatable bonds is 4. The first-order chi connectivity index (χ1) is 11.1. The highest BCUT2D eigenvalue weighted by Gasteiger charge is 2.29. The lowest BCUT2D eigenvalue weighted by Gasteiger charge is -2.25. The van der Waals surface area contributed by atoms with Gasteiger partial charge < -0.3 is 9.84 Å². The zero-order valence-corrected chi connectivity index (χ0v) is 13.4. The Morgan fingerprint density at radius 1 is 1.26 bits per heavy atom. The Hall–Kier alpha value is -2.17. The quantitative estimate of drug-likeness (QED) is 0.924. The lowest BCUT2D eigenvalue weighted by atomic mass is 9.91. The van der Waals surface area contributed by atoms with Crippen molar-refractivity contribution < 1.29 is 13.7 Å². The van der Waals surface area contributed by atoms with Crippen molar-refractivity contribution in [3.63, 3.8) is 0 Å². The molecule has 4 nitrogen and oxygen atoms in total. The van der Waals surface area contributed by atoms with Gasteiger partial charge in [0.1, 0.15) is 17.1 Å². The van der Waals surface area contributed by atoms with Crippen LogP contribution in [0.25, 0.3) is 0 Å². The molecule has 1 unspecified atom stereocenters. The Morgan fingerprint density at radius 2 is 1.91 bits per heavy atom. The van der Waals surface area contributed by atoms with Crippen molar-refractivity contribution in [2.24, 2.45) is 5.92 Å². The van der Waals surface area contributed by atoms with E-state index in [9.17, 15) is 9.18 Å². The average molecular weight is 316 g/mol. The van der Waals surface area contributed by atoms with Crippen LogP contribution in [0, 0.1) is 25.6 Å². The highest BCUT2D eigenvalue weighted by Crippen LogP contribution is 2.36. The smallest absolute Gasteiger partial charge is 0.257 e. The highest BCUT2D eigenvalue weighted by molar-refractivity contribution is 5.96. The monoisotopic (exact) mass is 316 g/mol. The summed E-state index contributed by atoms with van der Waals surface area (Å²) in [7, 11) is 0. The summed E-state index contributed by atoms with van der Waals surface area (Å²) in [6.45, 7) is 3.49. The molecule has 0 spiro atoms. The highest BCUT2D eigenvalue weighted by atomic mass is 19.1. The largest absolute Gasteiger partial charge is 0.361 e. The minimum absolute atomic E-state index is 0.112. The van der Waals surface area contributed by atoms with Gasteiger partial charge >= 0.3 is 0 Å². The van der Waals surface area contributed by atoms with E-state index in [1.165, 1.54) is 25.0 Å². The summed E-state index contributed by atoms with van der Waals surface area (Å²) < 4.78 is 18.3. The summed E-state index contributed by atoms with van der Waals surface area (Å²) in [4.78, 5) is 12.7. The summed E-state index contributed by atoms with van der Waals surface area (Å²) in [5.41, 5.74) is 2.03. The van der Waals surface area contributed by atoms with Crippen molar-refractivity contribution in [1.82, 2.24) is 10.5 Å². The van der Waals surface area contributed by atoms with E-state index in [4.69, 9.17) is 4.52 Å². The van der Waals surface area contributed by atoms with E-state index in [-0.39, 0.29) is 17.8 Å². The first-order valence-corrected chi connectivity index (χ1v) is 8.05. The van der Waals surface area contributed by atoms with Crippen LogP contribution in [0.4, 0.5) is 4.39 Å². The molecule has 1 aliphatic carbocycles. The number of hydrogen-bond donors (Lipinski definition) is 1. The molecule has 0 bridgehead atoms. The van der Waals surface area contributed by atoms with Gasteiger partial charge in [-0.1, -0.05) is 30.1 Å². The van der Waals surface area contributed by atoms with E-state index in [1.807, 2.05) is 0 Å². The van der Waals surface area contributed by atoms with E-state index in [2.05, 4.69) is 10.5 Å². The number of aromatic nitrogens is 1. The van der Waals surface area contributed by atoms with Crippen LogP contribution in [-0.4, -0.2) is 11.1 Å². The molecule has 1 fully saturated rings. The number of aryl methyl sites for hydroxylation is 2. The Morgan fingerprint density at radius 3 is 2.48 bits per heavy atom. The molecule has 1 amide bonds. The van der Waals surface area contributed by atoms with E-state index < -0.39 is 0 Å². The van der Waals surface area contributed by atoms with E-state index in [0.29, 0.717) is 22.9 Å². The fourth-order valence-corrected chi connectivity index (χ4v) is 3.45. The van der Waals surface area contributed by atoms with Crippen LogP contribution in [0.3, 0.4) is 0 Å². The second kappa shape index (κ2) is 6.52. The minimum atomic E-state index is -0.268. The fourth-order valence-electron chi connectivity index (χ4n) is 3.45. The van der Waals surface area contributed by atoms with E-state index in [0.717, 1.165) is 18.4 Å². The van der Waals surface area contributed by atoms with Crippen molar-refractivity contribution in [2.75, 3.05) is 0 Å². The predicted molar refractivity (Wildman–Crippen MR) is 84.5 cm³/mol. The summed E-state index contributed by atoms with van der Waals surface area (Å²) >= 11 is 0. The molecular formula is C18H21FN2O2. The molecule has 1 aromatic carbocycles. The number of hydrogen-bond acceptors (Lipinski definition) is 3. The van der Waals surface area contributed by atoms with Gasteiger partial charge in [0.05, 0.1) is 11.7 Å². The van der Waals surface area contributed by atoms with Crippen LogP contribution in [0.2, 0.25) is 0 Å². The average Bonchev–Trinajstić information content (AvgIpc) is 3.16. The number of amides is 1. The van der Waals surface area contributed by atoms with E-state index >= 15 is 0 Å². The van der Waals surface area contributed by atoms with Crippen molar-refractivity contribution in [2.45, 2.75) is 45.6 Å². The second-order valence-electron chi connectivity index (χ2n) is 6.25. The topological polar surface area (TPSA) is 55.1 Å². The lowest BCUT2D eigenvalue weighted by Crippen LogP contribution is -2.33. The third-order valence-electron chi connectivity index (χ3n) is 4.65. The number of nitrogens with zero attached hydrogens (tertiary/aromatic N) is 1. The van der Waals surface area contributed by atoms with E-state index in [1.54, 1.807) is 26.0 Å². The third-order valence-corrected chi connectivity index (χ3v) is 4.65. The molecule has 2 aromatic rings. The number of benzene rings is 1. The van der Waals surface area contributed by atoms with Crippen molar-refractivity contribution in [3.05, 3.63) is 52.7 Å². The van der Waals surface area contributed by atoms with Gasteiger partial charge in [0.15, 0.2) is 0 Å². The summed E-state index contributed by atoms with van der Waals surface area (Å²) in [6.07, 6.45) is 4.49. The predicted octanol–water partition coefficient (Wildman–Crippen LogP) is 4.09. The molecule has 0 radical (unpaired) electrons. The van der Waals surface area contributed by atoms with Crippen LogP contribution in [0.15, 0.2) is 28.8 Å². The van der Waals surface area contributed by atoms with Crippen molar-refractivity contribution in [3.8, 4) is 0 Å². The normalized spacial score (nSPS) is 16.5. The van der Waals surface area contributed by atoms with Crippen LogP contribution >= 0.6 is 0 Å². The Bertz CT molecular complexity index is 668. The summed E-state index contributed by atoms with van der Waals surface area (Å²) in [5.74, 6) is 0.451. The Kier molecular flexibility index (Phi) is 4.46. The maximum atomic E-state index is 13.2. The van der Waals surface area contributed by atoms with Crippen LogP contribution < -0.4 is 5.32 Å². The van der Waals surface area contributed by atoms with Gasteiger partial charge in [0, 0.05) is 0 Å². The molecule has 1 saturated carbocycles. The lowest BCUT2D eigenvalue weighted by molar-refractivity contribution is 0.0919. The molecule has 1 N–H and O–H groups in total. The second-order valence-corrected chi connectivity index (χ2v) is 6.25. The summed E-state index contributed by atoms with van der Waals surface area (Å²) in [5, 5.41) is 6.96. The molecule has 23 heavy (non-hydrogen) atoms. The van der Waals surface area contributed by atoms with Crippen LogP contribution in [-0.2, 0) is 0 Å². The van der Waals surface area contributed by atoms with Gasteiger partial charge in [-0.3, -0.25) is 4.79 Å². The SMILES string of the molecule is Cc1noc(C)c1C(=O)NC(c1ccc(F)cc1)C1CCCC1. The van der Waals surface area contributed by atoms with Gasteiger partial charge in [-0.05, 0) is 50.3 Å². The zero-order chi connectivity index (χ0) is 16.4. The number of nitrogens with one attached hydrogen (secondary N) is 1. The van der Waals surface area contributed by atoms with Gasteiger partial charge in [-0.15, -0.1) is 0 Å². The maximum Gasteiger partial charge on any atom is 0.257 e. The van der Waals surface area contributed by atoms with Crippen molar-refractivity contribution in [1.29, 1.82) is 0 Å². The fraction of sp³-hybridized carbons (Fsp3) is 0.444. The Labute approximate surface area is 135 Å². The molecule has 0 saturated heterocycles. The molecule has 0 aliphatic heterocycles. The minimum Gasteiger partial charge on any atom is -0.361 e. The molecule has 1 atom stereocenters. The van der Waals surface area contributed by atoms with Crippen LogP contribution in [0.5, 0.6) is 0 Å². The molecule has 1 aliphatic rings. The molecule has 1 heterocycles. The van der Waals surface area contributed by atoms with Crippen molar-refractivity contribution >= 4 is 5.91 Å². The third kappa shape index (κ3) is 3.28. The van der Waals surface area contributed by atoms with Gasteiger partial charge in [0.2, 0.25) is 0 Å². The standard InChI is InChI=1S/C18H21FN2O2/c1-11-16(12(2)23-21-11)18(22)20-17(13-5-3-4-6-13)14-7-9-15(19)10-8-14/h7-10,13,17H,3-6H2,1-2H3,(H,20,22). The van der Waals surface area contributed by atoms with Crippen LogP contribution in [0.1, 0.15) is 59.1 Å². The molecule has 1 aromatic heterocycles. The number of carbonyl (C=O) groups is 1. The first kappa shape index (κ1) is 15.7. The maximum absolute atomic E-state index is 13.2. The number of halogens is 1. The Balaban J connectivity index is 1.86. The molecule has 122 valence electrons. The van der Waals surface area contributed by atoms with Gasteiger partial charge in [0.25, 0.3) is 5.91 Å². The summed E-state index contributed by atoms with van der Waals surface area (Å²) in [6, 6.07) is 6.29. The molecule has 5 heteroatoms. The van der Waals surface area contributed by atoms with Gasteiger partial charge in [-0.25, -0.2) is 4.39 Å². The molecule has 3 rings (SSSR count). The molecular weight excluding hydrogens is 295 g/mol. The number of carbonyl (C=O) groups excluding carboxylic acids is 1. The van der Waals surface area contributed by atoms with Gasteiger partial charge in [-0.2, -0.15) is 0 Å². The first-order valence-electron chi connectivity index (χ1n) is 8.05.